The lowest BCUT2D eigenvalue weighted by atomic mass is 10.3. The van der Waals surface area contributed by atoms with Crippen molar-refractivity contribution in [2.24, 2.45) is 0 Å². The van der Waals surface area contributed by atoms with Crippen molar-refractivity contribution in [3.05, 3.63) is 47.5 Å². The molecular weight excluding hydrogens is 316 g/mol. The van der Waals surface area contributed by atoms with E-state index in [9.17, 15) is 4.79 Å². The monoisotopic (exact) mass is 334 g/mol. The Labute approximate surface area is 140 Å². The van der Waals surface area contributed by atoms with Crippen LogP contribution in [0.5, 0.6) is 11.5 Å². The van der Waals surface area contributed by atoms with Gasteiger partial charge in [-0.15, -0.1) is 0 Å². The average Bonchev–Trinajstić information content (AvgIpc) is 2.49. The van der Waals surface area contributed by atoms with Gasteiger partial charge in [-0.3, -0.25) is 0 Å². The third-order valence-corrected chi connectivity index (χ3v) is 3.19. The average molecular weight is 335 g/mol. The van der Waals surface area contributed by atoms with Gasteiger partial charge < -0.3 is 20.1 Å². The Balaban J connectivity index is 1.95. The van der Waals surface area contributed by atoms with E-state index < -0.39 is 0 Å². The van der Waals surface area contributed by atoms with Crippen LogP contribution in [0.4, 0.5) is 16.2 Å². The van der Waals surface area contributed by atoms with Gasteiger partial charge >= 0.3 is 6.03 Å². The third-order valence-electron chi connectivity index (χ3n) is 2.89. The Bertz CT molecular complexity index is 672. The predicted molar refractivity (Wildman–Crippen MR) is 92.9 cm³/mol. The van der Waals surface area contributed by atoms with E-state index in [1.54, 1.807) is 42.5 Å². The quantitative estimate of drug-likeness (QED) is 0.827. The predicted octanol–water partition coefficient (Wildman–Crippen LogP) is 4.78. The standard InChI is InChI=1S/C17H19ClN2O3/c1-11(2)23-14-7-4-12(5-8-14)19-17(21)20-13-6-9-16(22-3)15(18)10-13/h4-11H,1-3H3,(H2,19,20,21). The minimum atomic E-state index is -0.358. The summed E-state index contributed by atoms with van der Waals surface area (Å²) in [4.78, 5) is 12.0. The molecule has 0 bridgehead atoms. The minimum Gasteiger partial charge on any atom is -0.495 e. The highest BCUT2D eigenvalue weighted by Gasteiger charge is 2.06. The first-order chi connectivity index (χ1) is 11.0. The molecule has 2 N–H and O–H groups in total. The topological polar surface area (TPSA) is 59.6 Å². The summed E-state index contributed by atoms with van der Waals surface area (Å²) in [5, 5.41) is 5.88. The van der Waals surface area contributed by atoms with Crippen LogP contribution in [0.25, 0.3) is 0 Å². The van der Waals surface area contributed by atoms with Crippen LogP contribution in [0, 0.1) is 0 Å². The summed E-state index contributed by atoms with van der Waals surface area (Å²) >= 11 is 6.02. The molecule has 0 saturated heterocycles. The zero-order valence-electron chi connectivity index (χ0n) is 13.2. The van der Waals surface area contributed by atoms with Crippen molar-refractivity contribution in [1.29, 1.82) is 0 Å². The summed E-state index contributed by atoms with van der Waals surface area (Å²) in [5.41, 5.74) is 1.24. The van der Waals surface area contributed by atoms with Crippen molar-refractivity contribution in [2.75, 3.05) is 17.7 Å². The largest absolute Gasteiger partial charge is 0.495 e. The zero-order chi connectivity index (χ0) is 16.8. The van der Waals surface area contributed by atoms with Gasteiger partial charge in [0.15, 0.2) is 0 Å². The van der Waals surface area contributed by atoms with Gasteiger partial charge in [0.05, 0.1) is 18.2 Å². The van der Waals surface area contributed by atoms with Crippen LogP contribution >= 0.6 is 11.6 Å². The molecule has 0 aliphatic carbocycles. The van der Waals surface area contributed by atoms with Gasteiger partial charge in [-0.05, 0) is 56.3 Å². The number of halogens is 1. The van der Waals surface area contributed by atoms with Crippen molar-refractivity contribution in [3.8, 4) is 11.5 Å². The highest BCUT2D eigenvalue weighted by atomic mass is 35.5. The number of methoxy groups -OCH3 is 1. The maximum atomic E-state index is 12.0. The second-order valence-electron chi connectivity index (χ2n) is 5.12. The van der Waals surface area contributed by atoms with Gasteiger partial charge in [0.25, 0.3) is 0 Å². The van der Waals surface area contributed by atoms with Crippen molar-refractivity contribution in [1.82, 2.24) is 0 Å². The van der Waals surface area contributed by atoms with E-state index >= 15 is 0 Å². The molecule has 2 aromatic rings. The minimum absolute atomic E-state index is 0.108. The SMILES string of the molecule is COc1ccc(NC(=O)Nc2ccc(OC(C)C)cc2)cc1Cl. The van der Waals surface area contributed by atoms with Crippen molar-refractivity contribution < 1.29 is 14.3 Å². The zero-order valence-corrected chi connectivity index (χ0v) is 14.0. The number of benzene rings is 2. The Kier molecular flexibility index (Phi) is 5.71. The second kappa shape index (κ2) is 7.74. The fraction of sp³-hybridized carbons (Fsp3) is 0.235. The van der Waals surface area contributed by atoms with E-state index in [1.807, 2.05) is 13.8 Å². The fourth-order valence-corrected chi connectivity index (χ4v) is 2.18. The lowest BCUT2D eigenvalue weighted by Gasteiger charge is -2.11. The van der Waals surface area contributed by atoms with Gasteiger partial charge in [-0.25, -0.2) is 4.79 Å². The summed E-state index contributed by atoms with van der Waals surface area (Å²) in [5.74, 6) is 1.31. The third kappa shape index (κ3) is 5.07. The molecule has 0 unspecified atom stereocenters. The van der Waals surface area contributed by atoms with E-state index in [-0.39, 0.29) is 12.1 Å². The summed E-state index contributed by atoms with van der Waals surface area (Å²) in [7, 11) is 1.54. The van der Waals surface area contributed by atoms with Crippen LogP contribution in [0.3, 0.4) is 0 Å². The van der Waals surface area contributed by atoms with E-state index in [1.165, 1.54) is 7.11 Å². The molecular formula is C17H19ClN2O3. The van der Waals surface area contributed by atoms with Crippen molar-refractivity contribution in [3.63, 3.8) is 0 Å². The molecule has 0 aliphatic heterocycles. The molecule has 2 aromatic carbocycles. The van der Waals surface area contributed by atoms with E-state index in [2.05, 4.69) is 10.6 Å². The molecule has 6 heteroatoms. The first kappa shape index (κ1) is 17.0. The van der Waals surface area contributed by atoms with E-state index in [0.717, 1.165) is 5.75 Å². The lowest BCUT2D eigenvalue weighted by molar-refractivity contribution is 0.242. The number of carbonyl (C=O) groups excluding carboxylic acids is 1. The molecule has 5 nitrogen and oxygen atoms in total. The Morgan fingerprint density at radius 3 is 2.22 bits per heavy atom. The Morgan fingerprint density at radius 1 is 1.04 bits per heavy atom. The van der Waals surface area contributed by atoms with Gasteiger partial charge in [0, 0.05) is 11.4 Å². The number of ether oxygens (including phenoxy) is 2. The number of hydrogen-bond acceptors (Lipinski definition) is 3. The number of carbonyl (C=O) groups is 1. The molecule has 23 heavy (non-hydrogen) atoms. The van der Waals surface area contributed by atoms with Crippen LogP contribution in [-0.4, -0.2) is 19.2 Å². The first-order valence-electron chi connectivity index (χ1n) is 7.16. The van der Waals surface area contributed by atoms with Gasteiger partial charge in [-0.2, -0.15) is 0 Å². The summed E-state index contributed by atoms with van der Waals surface area (Å²) < 4.78 is 10.6. The van der Waals surface area contributed by atoms with Crippen molar-refractivity contribution >= 4 is 29.0 Å². The van der Waals surface area contributed by atoms with Crippen LogP contribution in [0.2, 0.25) is 5.02 Å². The first-order valence-corrected chi connectivity index (χ1v) is 7.54. The second-order valence-corrected chi connectivity index (χ2v) is 5.53. The molecule has 0 heterocycles. The number of rotatable bonds is 5. The molecule has 0 aromatic heterocycles. The number of nitrogens with one attached hydrogen (secondary N) is 2. The molecule has 0 aliphatic rings. The lowest BCUT2D eigenvalue weighted by Crippen LogP contribution is -2.19. The molecule has 2 rings (SSSR count). The fourth-order valence-electron chi connectivity index (χ4n) is 1.93. The summed E-state index contributed by atoms with van der Waals surface area (Å²) in [6.07, 6.45) is 0.108. The smallest absolute Gasteiger partial charge is 0.323 e. The molecule has 0 saturated carbocycles. The Morgan fingerprint density at radius 2 is 1.65 bits per heavy atom. The molecule has 0 atom stereocenters. The van der Waals surface area contributed by atoms with Crippen LogP contribution in [0.15, 0.2) is 42.5 Å². The summed E-state index contributed by atoms with van der Waals surface area (Å²) in [6.45, 7) is 3.92. The van der Waals surface area contributed by atoms with E-state index in [0.29, 0.717) is 22.1 Å². The maximum absolute atomic E-state index is 12.0. The van der Waals surface area contributed by atoms with Gasteiger partial charge in [0.1, 0.15) is 11.5 Å². The Hall–Kier alpha value is -2.40. The molecule has 122 valence electrons. The van der Waals surface area contributed by atoms with Crippen LogP contribution < -0.4 is 20.1 Å². The van der Waals surface area contributed by atoms with Crippen LogP contribution in [0.1, 0.15) is 13.8 Å². The van der Waals surface area contributed by atoms with Crippen molar-refractivity contribution in [2.45, 2.75) is 20.0 Å². The number of hydrogen-bond donors (Lipinski definition) is 2. The molecule has 0 spiro atoms. The highest BCUT2D eigenvalue weighted by Crippen LogP contribution is 2.27. The summed E-state index contributed by atoms with van der Waals surface area (Å²) in [6, 6.07) is 11.8. The number of amides is 2. The molecule has 0 radical (unpaired) electrons. The van der Waals surface area contributed by atoms with E-state index in [4.69, 9.17) is 21.1 Å². The highest BCUT2D eigenvalue weighted by molar-refractivity contribution is 6.32. The van der Waals surface area contributed by atoms with Gasteiger partial charge in [0.2, 0.25) is 0 Å². The normalized spacial score (nSPS) is 10.3. The maximum Gasteiger partial charge on any atom is 0.323 e. The molecule has 2 amide bonds. The van der Waals surface area contributed by atoms with Gasteiger partial charge in [-0.1, -0.05) is 11.6 Å². The van der Waals surface area contributed by atoms with Crippen LogP contribution in [-0.2, 0) is 0 Å². The number of anilines is 2. The number of urea groups is 1. The molecule has 0 fully saturated rings.